The summed E-state index contributed by atoms with van der Waals surface area (Å²) < 4.78 is 5.91. The fraction of sp³-hybridized carbons (Fsp3) is 0.231. The molecule has 1 aromatic heterocycles. The van der Waals surface area contributed by atoms with E-state index in [0.29, 0.717) is 5.69 Å². The number of rotatable bonds is 7. The Hall–Kier alpha value is -3.82. The van der Waals surface area contributed by atoms with E-state index in [2.05, 4.69) is 43.8 Å². The van der Waals surface area contributed by atoms with E-state index in [0.717, 1.165) is 45.0 Å². The Morgan fingerprint density at radius 3 is 2.46 bits per heavy atom. The molecule has 8 nitrogen and oxygen atoms in total. The molecule has 5 rings (SSSR count). The standard InChI is InChI=1S/C26H25N5O3S/c32-26(21-5-1-3-7-23(21)31(33)34)27-20-11-9-19(10-12-20)13-14-29-15-17-30(18-16-29)25-22-6-2-4-8-24(22)35-28-25/h1-12H,13-18H2,(H,27,32). The number of carbonyl (C=O) groups excluding carboxylic acids is 1. The Balaban J connectivity index is 1.12. The van der Waals surface area contributed by atoms with E-state index in [9.17, 15) is 14.9 Å². The number of hydrogen-bond acceptors (Lipinski definition) is 7. The number of fused-ring (bicyclic) bond motifs is 1. The molecular formula is C26H25N5O3S. The summed E-state index contributed by atoms with van der Waals surface area (Å²) in [5.41, 5.74) is 1.64. The quantitative estimate of drug-likeness (QED) is 0.297. The minimum Gasteiger partial charge on any atom is -0.353 e. The second kappa shape index (κ2) is 10.2. The normalized spacial score (nSPS) is 14.2. The number of aromatic nitrogens is 1. The monoisotopic (exact) mass is 487 g/mol. The Kier molecular flexibility index (Phi) is 6.69. The van der Waals surface area contributed by atoms with Crippen molar-refractivity contribution in [3.05, 3.63) is 94.0 Å². The lowest BCUT2D eigenvalue weighted by Crippen LogP contribution is -2.47. The van der Waals surface area contributed by atoms with Crippen molar-refractivity contribution < 1.29 is 9.72 Å². The van der Waals surface area contributed by atoms with Gasteiger partial charge in [-0.3, -0.25) is 19.8 Å². The number of para-hydroxylation sites is 1. The van der Waals surface area contributed by atoms with Gasteiger partial charge in [-0.1, -0.05) is 36.4 Å². The van der Waals surface area contributed by atoms with E-state index in [1.165, 1.54) is 27.8 Å². The molecule has 0 saturated carbocycles. The SMILES string of the molecule is O=C(Nc1ccc(CCN2CCN(c3nsc4ccccc34)CC2)cc1)c1ccccc1[N+](=O)[O-]. The molecule has 0 radical (unpaired) electrons. The Labute approximate surface area is 207 Å². The second-order valence-electron chi connectivity index (χ2n) is 8.51. The first-order chi connectivity index (χ1) is 17.1. The Bertz CT molecular complexity index is 1350. The summed E-state index contributed by atoms with van der Waals surface area (Å²) in [6, 6.07) is 22.0. The highest BCUT2D eigenvalue weighted by molar-refractivity contribution is 7.13. The Morgan fingerprint density at radius 2 is 1.69 bits per heavy atom. The van der Waals surface area contributed by atoms with Gasteiger partial charge in [-0.25, -0.2) is 0 Å². The number of nitro benzene ring substituents is 1. The average molecular weight is 488 g/mol. The average Bonchev–Trinajstić information content (AvgIpc) is 3.33. The lowest BCUT2D eigenvalue weighted by Gasteiger charge is -2.35. The highest BCUT2D eigenvalue weighted by Gasteiger charge is 2.21. The maximum Gasteiger partial charge on any atom is 0.282 e. The molecule has 2 heterocycles. The van der Waals surface area contributed by atoms with E-state index in [1.54, 1.807) is 23.7 Å². The van der Waals surface area contributed by atoms with Gasteiger partial charge in [0.15, 0.2) is 0 Å². The molecule has 9 heteroatoms. The molecular weight excluding hydrogens is 462 g/mol. The summed E-state index contributed by atoms with van der Waals surface area (Å²) >= 11 is 1.56. The molecule has 1 saturated heterocycles. The van der Waals surface area contributed by atoms with Crippen LogP contribution in [0.1, 0.15) is 15.9 Å². The summed E-state index contributed by atoms with van der Waals surface area (Å²) in [7, 11) is 0. The van der Waals surface area contributed by atoms with Crippen molar-refractivity contribution in [2.45, 2.75) is 6.42 Å². The van der Waals surface area contributed by atoms with E-state index < -0.39 is 10.8 Å². The molecule has 1 amide bonds. The number of nitrogens with one attached hydrogen (secondary N) is 1. The molecule has 1 aliphatic rings. The predicted molar refractivity (Wildman–Crippen MR) is 139 cm³/mol. The fourth-order valence-corrected chi connectivity index (χ4v) is 5.14. The summed E-state index contributed by atoms with van der Waals surface area (Å²) in [6.07, 6.45) is 0.915. The molecule has 1 fully saturated rings. The zero-order valence-corrected chi connectivity index (χ0v) is 19.9. The second-order valence-corrected chi connectivity index (χ2v) is 9.31. The van der Waals surface area contributed by atoms with Gasteiger partial charge in [-0.2, -0.15) is 4.37 Å². The first-order valence-electron chi connectivity index (χ1n) is 11.5. The Morgan fingerprint density at radius 1 is 0.971 bits per heavy atom. The van der Waals surface area contributed by atoms with Gasteiger partial charge in [0.25, 0.3) is 11.6 Å². The minimum absolute atomic E-state index is 0.0476. The van der Waals surface area contributed by atoms with E-state index >= 15 is 0 Å². The molecule has 0 unspecified atom stereocenters. The van der Waals surface area contributed by atoms with Gasteiger partial charge in [-0.15, -0.1) is 0 Å². The van der Waals surface area contributed by atoms with Gasteiger partial charge in [-0.05, 0) is 53.8 Å². The van der Waals surface area contributed by atoms with E-state index in [1.807, 2.05) is 24.3 Å². The topological polar surface area (TPSA) is 91.6 Å². The van der Waals surface area contributed by atoms with E-state index in [-0.39, 0.29) is 11.3 Å². The van der Waals surface area contributed by atoms with Crippen molar-refractivity contribution >= 4 is 44.7 Å². The highest BCUT2D eigenvalue weighted by Crippen LogP contribution is 2.29. The van der Waals surface area contributed by atoms with Crippen molar-refractivity contribution in [1.82, 2.24) is 9.27 Å². The third kappa shape index (κ3) is 5.16. The number of piperazine rings is 1. The van der Waals surface area contributed by atoms with Crippen LogP contribution < -0.4 is 10.2 Å². The van der Waals surface area contributed by atoms with Gasteiger partial charge in [0.05, 0.1) is 9.62 Å². The maximum atomic E-state index is 12.5. The van der Waals surface area contributed by atoms with Gasteiger partial charge in [0, 0.05) is 49.9 Å². The summed E-state index contributed by atoms with van der Waals surface area (Å²) in [4.78, 5) is 28.0. The van der Waals surface area contributed by atoms with Gasteiger partial charge in [0.1, 0.15) is 11.4 Å². The zero-order chi connectivity index (χ0) is 24.2. The smallest absolute Gasteiger partial charge is 0.282 e. The predicted octanol–water partition coefficient (Wildman–Crippen LogP) is 4.82. The molecule has 35 heavy (non-hydrogen) atoms. The number of nitro groups is 1. The van der Waals surface area contributed by atoms with Crippen LogP contribution in [0.5, 0.6) is 0 Å². The van der Waals surface area contributed by atoms with Crippen molar-refractivity contribution in [1.29, 1.82) is 0 Å². The van der Waals surface area contributed by atoms with Gasteiger partial charge < -0.3 is 10.2 Å². The number of nitrogens with zero attached hydrogens (tertiary/aromatic N) is 4. The van der Waals surface area contributed by atoms with Crippen LogP contribution in [-0.4, -0.2) is 52.8 Å². The van der Waals surface area contributed by atoms with Crippen LogP contribution in [0, 0.1) is 10.1 Å². The van der Waals surface area contributed by atoms with Crippen LogP contribution >= 0.6 is 11.5 Å². The van der Waals surface area contributed by atoms with Gasteiger partial charge >= 0.3 is 0 Å². The van der Waals surface area contributed by atoms with Crippen LogP contribution in [0.15, 0.2) is 72.8 Å². The third-order valence-corrected chi connectivity index (χ3v) is 7.12. The number of carbonyl (C=O) groups is 1. The molecule has 3 aromatic carbocycles. The van der Waals surface area contributed by atoms with Crippen LogP contribution in [0.4, 0.5) is 17.2 Å². The lowest BCUT2D eigenvalue weighted by molar-refractivity contribution is -0.385. The van der Waals surface area contributed by atoms with Crippen LogP contribution in [0.3, 0.4) is 0 Å². The van der Waals surface area contributed by atoms with Crippen molar-refractivity contribution in [2.75, 3.05) is 42.9 Å². The lowest BCUT2D eigenvalue weighted by atomic mass is 10.1. The first kappa shape index (κ1) is 22.9. The highest BCUT2D eigenvalue weighted by atomic mass is 32.1. The van der Waals surface area contributed by atoms with E-state index in [4.69, 9.17) is 0 Å². The summed E-state index contributed by atoms with van der Waals surface area (Å²) in [5.74, 6) is 0.611. The van der Waals surface area contributed by atoms with Crippen LogP contribution in [-0.2, 0) is 6.42 Å². The zero-order valence-electron chi connectivity index (χ0n) is 19.1. The van der Waals surface area contributed by atoms with Crippen LogP contribution in [0.2, 0.25) is 0 Å². The summed E-state index contributed by atoms with van der Waals surface area (Å²) in [5, 5.41) is 15.2. The number of benzene rings is 3. The van der Waals surface area contributed by atoms with Crippen molar-refractivity contribution in [3.8, 4) is 0 Å². The largest absolute Gasteiger partial charge is 0.353 e. The molecule has 0 atom stereocenters. The minimum atomic E-state index is -0.545. The molecule has 1 aliphatic heterocycles. The molecule has 178 valence electrons. The molecule has 0 aliphatic carbocycles. The third-order valence-electron chi connectivity index (χ3n) is 6.30. The number of amides is 1. The molecule has 0 bridgehead atoms. The van der Waals surface area contributed by atoms with Gasteiger partial charge in [0.2, 0.25) is 0 Å². The number of hydrogen-bond donors (Lipinski definition) is 1. The molecule has 1 N–H and O–H groups in total. The van der Waals surface area contributed by atoms with Crippen molar-refractivity contribution in [2.24, 2.45) is 0 Å². The number of anilines is 2. The maximum absolute atomic E-state index is 12.5. The summed E-state index contributed by atoms with van der Waals surface area (Å²) in [6.45, 7) is 4.88. The molecule has 4 aromatic rings. The van der Waals surface area contributed by atoms with Crippen LogP contribution in [0.25, 0.3) is 10.1 Å². The fourth-order valence-electron chi connectivity index (χ4n) is 4.35. The van der Waals surface area contributed by atoms with Crippen molar-refractivity contribution in [3.63, 3.8) is 0 Å². The molecule has 0 spiro atoms. The first-order valence-corrected chi connectivity index (χ1v) is 12.3.